The van der Waals surface area contributed by atoms with Gasteiger partial charge in [-0.05, 0) is 37.3 Å². The first-order chi connectivity index (χ1) is 7.66. The Balaban J connectivity index is 2.24. The molecule has 1 aromatic carbocycles. The average molecular weight is 243 g/mol. The molecule has 2 rings (SSSR count). The average Bonchev–Trinajstić information content (AvgIpc) is 2.46. The van der Waals surface area contributed by atoms with E-state index >= 15 is 0 Å². The molecule has 1 heterocycles. The van der Waals surface area contributed by atoms with Gasteiger partial charge >= 0.3 is 0 Å². The van der Waals surface area contributed by atoms with Gasteiger partial charge in [0.25, 0.3) is 0 Å². The minimum absolute atomic E-state index is 0.0850. The fraction of sp³-hybridized carbons (Fsp3) is 0.500. The lowest BCUT2D eigenvalue weighted by Crippen LogP contribution is -2.30. The van der Waals surface area contributed by atoms with Gasteiger partial charge in [0.05, 0.1) is 0 Å². The molecule has 2 unspecified atom stereocenters. The molecule has 1 aliphatic heterocycles. The van der Waals surface area contributed by atoms with E-state index in [1.165, 1.54) is 12.1 Å². The standard InChI is InChI=1S/C12H15F2NS/c1-8-4-5-16-7-12(15-8)10-6-9(13)2-3-11(10)14/h2-3,6,8,12,15H,4-5,7H2,1H3. The van der Waals surface area contributed by atoms with E-state index in [2.05, 4.69) is 12.2 Å². The van der Waals surface area contributed by atoms with Crippen molar-refractivity contribution in [2.75, 3.05) is 11.5 Å². The summed E-state index contributed by atoms with van der Waals surface area (Å²) in [6.45, 7) is 2.08. The molecule has 0 bridgehead atoms. The second-order valence-corrected chi connectivity index (χ2v) is 5.30. The minimum atomic E-state index is -0.375. The van der Waals surface area contributed by atoms with E-state index in [1.54, 1.807) is 11.8 Å². The Kier molecular flexibility index (Phi) is 3.82. The van der Waals surface area contributed by atoms with Gasteiger partial charge in [0.2, 0.25) is 0 Å². The zero-order valence-electron chi connectivity index (χ0n) is 9.17. The molecule has 1 nitrogen and oxygen atoms in total. The number of rotatable bonds is 1. The first-order valence-corrected chi connectivity index (χ1v) is 6.61. The van der Waals surface area contributed by atoms with Gasteiger partial charge < -0.3 is 5.32 Å². The number of halogens is 2. The van der Waals surface area contributed by atoms with Gasteiger partial charge in [0, 0.05) is 23.4 Å². The maximum atomic E-state index is 13.6. The van der Waals surface area contributed by atoms with E-state index in [0.717, 1.165) is 24.0 Å². The van der Waals surface area contributed by atoms with Gasteiger partial charge in [-0.25, -0.2) is 8.78 Å². The number of benzene rings is 1. The predicted octanol–water partition coefficient (Wildman–Crippen LogP) is 3.12. The predicted molar refractivity (Wildman–Crippen MR) is 63.6 cm³/mol. The molecule has 0 saturated carbocycles. The zero-order valence-corrected chi connectivity index (χ0v) is 9.99. The molecule has 1 aromatic rings. The summed E-state index contributed by atoms with van der Waals surface area (Å²) < 4.78 is 26.7. The van der Waals surface area contributed by atoms with Crippen molar-refractivity contribution in [3.8, 4) is 0 Å². The van der Waals surface area contributed by atoms with Gasteiger partial charge in [0.15, 0.2) is 0 Å². The van der Waals surface area contributed by atoms with Crippen LogP contribution in [0.3, 0.4) is 0 Å². The van der Waals surface area contributed by atoms with Crippen molar-refractivity contribution in [2.45, 2.75) is 25.4 Å². The van der Waals surface area contributed by atoms with Crippen LogP contribution >= 0.6 is 11.8 Å². The highest BCUT2D eigenvalue weighted by atomic mass is 32.2. The zero-order chi connectivity index (χ0) is 11.5. The molecular weight excluding hydrogens is 228 g/mol. The van der Waals surface area contributed by atoms with Crippen LogP contribution in [0.2, 0.25) is 0 Å². The molecule has 88 valence electrons. The van der Waals surface area contributed by atoms with Gasteiger partial charge in [-0.15, -0.1) is 0 Å². The Morgan fingerprint density at radius 3 is 3.00 bits per heavy atom. The quantitative estimate of drug-likeness (QED) is 0.813. The Morgan fingerprint density at radius 1 is 1.38 bits per heavy atom. The summed E-state index contributed by atoms with van der Waals surface area (Å²) in [7, 11) is 0. The first-order valence-electron chi connectivity index (χ1n) is 5.45. The van der Waals surface area contributed by atoms with Crippen LogP contribution in [-0.4, -0.2) is 17.5 Å². The Bertz CT molecular complexity index is 370. The fourth-order valence-electron chi connectivity index (χ4n) is 1.90. The van der Waals surface area contributed by atoms with Crippen molar-refractivity contribution in [1.29, 1.82) is 0 Å². The summed E-state index contributed by atoms with van der Waals surface area (Å²) >= 11 is 1.79. The van der Waals surface area contributed by atoms with Gasteiger partial charge in [0.1, 0.15) is 11.6 Å². The molecule has 0 spiro atoms. The molecule has 0 aliphatic carbocycles. The monoisotopic (exact) mass is 243 g/mol. The van der Waals surface area contributed by atoms with Crippen LogP contribution in [0.4, 0.5) is 8.78 Å². The molecule has 2 atom stereocenters. The van der Waals surface area contributed by atoms with E-state index in [4.69, 9.17) is 0 Å². The van der Waals surface area contributed by atoms with E-state index in [1.807, 2.05) is 0 Å². The SMILES string of the molecule is CC1CCSCC(c2cc(F)ccc2F)N1. The van der Waals surface area contributed by atoms with E-state index < -0.39 is 0 Å². The number of nitrogens with one attached hydrogen (secondary N) is 1. The van der Waals surface area contributed by atoms with E-state index in [9.17, 15) is 8.78 Å². The highest BCUT2D eigenvalue weighted by molar-refractivity contribution is 7.99. The lowest BCUT2D eigenvalue weighted by atomic mass is 10.1. The molecule has 1 saturated heterocycles. The van der Waals surface area contributed by atoms with E-state index in [0.29, 0.717) is 11.6 Å². The van der Waals surface area contributed by atoms with Crippen molar-refractivity contribution in [2.24, 2.45) is 0 Å². The summed E-state index contributed by atoms with van der Waals surface area (Å²) in [6.07, 6.45) is 1.07. The Hall–Kier alpha value is -0.610. The van der Waals surface area contributed by atoms with Crippen LogP contribution in [0, 0.1) is 11.6 Å². The third-order valence-corrected chi connectivity index (χ3v) is 3.89. The van der Waals surface area contributed by atoms with Crippen molar-refractivity contribution in [1.82, 2.24) is 5.32 Å². The van der Waals surface area contributed by atoms with Crippen molar-refractivity contribution < 1.29 is 8.78 Å². The molecule has 1 fully saturated rings. The molecule has 0 radical (unpaired) electrons. The summed E-state index contributed by atoms with van der Waals surface area (Å²) in [4.78, 5) is 0. The number of hydrogen-bond acceptors (Lipinski definition) is 2. The number of thioether (sulfide) groups is 1. The minimum Gasteiger partial charge on any atom is -0.307 e. The second kappa shape index (κ2) is 5.15. The summed E-state index contributed by atoms with van der Waals surface area (Å²) in [5.74, 6) is 1.17. The van der Waals surface area contributed by atoms with Gasteiger partial charge in [-0.2, -0.15) is 11.8 Å². The highest BCUT2D eigenvalue weighted by Crippen LogP contribution is 2.26. The van der Waals surface area contributed by atoms with Crippen molar-refractivity contribution >= 4 is 11.8 Å². The first kappa shape index (κ1) is 11.9. The smallest absolute Gasteiger partial charge is 0.128 e. The van der Waals surface area contributed by atoms with Crippen molar-refractivity contribution in [3.63, 3.8) is 0 Å². The Morgan fingerprint density at radius 2 is 2.19 bits per heavy atom. The Labute approximate surface area is 98.6 Å². The van der Waals surface area contributed by atoms with Crippen LogP contribution in [-0.2, 0) is 0 Å². The third-order valence-electron chi connectivity index (χ3n) is 2.80. The lowest BCUT2D eigenvalue weighted by molar-refractivity contribution is 0.464. The largest absolute Gasteiger partial charge is 0.307 e. The lowest BCUT2D eigenvalue weighted by Gasteiger charge is -2.20. The highest BCUT2D eigenvalue weighted by Gasteiger charge is 2.21. The maximum absolute atomic E-state index is 13.6. The molecule has 0 amide bonds. The summed E-state index contributed by atoms with van der Waals surface area (Å²) in [5, 5.41) is 3.34. The van der Waals surface area contributed by atoms with Crippen LogP contribution in [0.15, 0.2) is 18.2 Å². The molecule has 0 aromatic heterocycles. The summed E-state index contributed by atoms with van der Waals surface area (Å²) in [5.41, 5.74) is 0.446. The third kappa shape index (κ3) is 2.74. The fourth-order valence-corrected chi connectivity index (χ4v) is 3.10. The van der Waals surface area contributed by atoms with Crippen LogP contribution in [0.1, 0.15) is 24.9 Å². The van der Waals surface area contributed by atoms with Crippen molar-refractivity contribution in [3.05, 3.63) is 35.4 Å². The summed E-state index contributed by atoms with van der Waals surface area (Å²) in [6, 6.07) is 3.92. The molecule has 4 heteroatoms. The van der Waals surface area contributed by atoms with E-state index in [-0.39, 0.29) is 17.7 Å². The maximum Gasteiger partial charge on any atom is 0.128 e. The molecule has 16 heavy (non-hydrogen) atoms. The topological polar surface area (TPSA) is 12.0 Å². The molecular formula is C12H15F2NS. The normalized spacial score (nSPS) is 26.4. The number of hydrogen-bond donors (Lipinski definition) is 1. The second-order valence-electron chi connectivity index (χ2n) is 4.15. The molecule has 1 aliphatic rings. The molecule has 1 N–H and O–H groups in total. The van der Waals surface area contributed by atoms with Gasteiger partial charge in [-0.1, -0.05) is 0 Å². The van der Waals surface area contributed by atoms with Crippen LogP contribution in [0.5, 0.6) is 0 Å². The van der Waals surface area contributed by atoms with Crippen LogP contribution < -0.4 is 5.32 Å². The van der Waals surface area contributed by atoms with Crippen LogP contribution in [0.25, 0.3) is 0 Å². The van der Waals surface area contributed by atoms with Gasteiger partial charge in [-0.3, -0.25) is 0 Å².